The van der Waals surface area contributed by atoms with Gasteiger partial charge in [-0.3, -0.25) is 9.78 Å². The van der Waals surface area contributed by atoms with Crippen molar-refractivity contribution in [3.05, 3.63) is 52.4 Å². The first-order chi connectivity index (χ1) is 9.70. The van der Waals surface area contributed by atoms with Crippen LogP contribution in [0.5, 0.6) is 0 Å². The average Bonchev–Trinajstić information content (AvgIpc) is 2.48. The second-order valence-electron chi connectivity index (χ2n) is 4.12. The van der Waals surface area contributed by atoms with Gasteiger partial charge in [0.2, 0.25) is 0 Å². The van der Waals surface area contributed by atoms with Gasteiger partial charge in [-0.2, -0.15) is 0 Å². The zero-order valence-corrected chi connectivity index (χ0v) is 12.6. The van der Waals surface area contributed by atoms with Crippen molar-refractivity contribution >= 4 is 27.7 Å². The number of carbonyl (C=O) groups excluding carboxylic acids is 1. The smallest absolute Gasteiger partial charge is 0.255 e. The zero-order valence-electron chi connectivity index (χ0n) is 11.1. The van der Waals surface area contributed by atoms with E-state index in [1.54, 1.807) is 24.7 Å². The van der Waals surface area contributed by atoms with Crippen molar-refractivity contribution in [3.63, 3.8) is 0 Å². The molecule has 20 heavy (non-hydrogen) atoms. The van der Waals surface area contributed by atoms with Gasteiger partial charge in [-0.05, 0) is 46.6 Å². The van der Waals surface area contributed by atoms with Gasteiger partial charge in [-0.1, -0.05) is 0 Å². The number of anilines is 1. The van der Waals surface area contributed by atoms with E-state index in [4.69, 9.17) is 0 Å². The first-order valence-corrected chi connectivity index (χ1v) is 7.06. The summed E-state index contributed by atoms with van der Waals surface area (Å²) >= 11 is 3.33. The average molecular weight is 335 g/mol. The van der Waals surface area contributed by atoms with E-state index in [9.17, 15) is 4.79 Å². The molecule has 0 radical (unpaired) electrons. The van der Waals surface area contributed by atoms with Crippen molar-refractivity contribution in [2.24, 2.45) is 0 Å². The highest BCUT2D eigenvalue weighted by Gasteiger charge is 2.12. The van der Waals surface area contributed by atoms with E-state index >= 15 is 0 Å². The van der Waals surface area contributed by atoms with E-state index in [1.165, 1.54) is 0 Å². The first-order valence-electron chi connectivity index (χ1n) is 6.27. The maximum Gasteiger partial charge on any atom is 0.255 e. The molecular formula is C14H15BrN4O. The van der Waals surface area contributed by atoms with Crippen LogP contribution in [-0.2, 0) is 6.54 Å². The van der Waals surface area contributed by atoms with Gasteiger partial charge < -0.3 is 10.6 Å². The fraction of sp³-hybridized carbons (Fsp3) is 0.214. The third-order valence-electron chi connectivity index (χ3n) is 2.65. The highest BCUT2D eigenvalue weighted by molar-refractivity contribution is 9.10. The normalized spacial score (nSPS) is 10.1. The third-order valence-corrected chi connectivity index (χ3v) is 3.08. The Morgan fingerprint density at radius 3 is 2.80 bits per heavy atom. The Bertz CT molecular complexity index is 589. The Labute approximate surface area is 126 Å². The Morgan fingerprint density at radius 2 is 2.10 bits per heavy atom. The number of carbonyl (C=O) groups is 1. The summed E-state index contributed by atoms with van der Waals surface area (Å²) in [5.74, 6) is 0.425. The lowest BCUT2D eigenvalue weighted by molar-refractivity contribution is 0.0951. The Balaban J connectivity index is 2.10. The van der Waals surface area contributed by atoms with E-state index in [0.29, 0.717) is 24.5 Å². The second-order valence-corrected chi connectivity index (χ2v) is 5.03. The molecule has 2 aromatic rings. The van der Waals surface area contributed by atoms with E-state index in [-0.39, 0.29) is 5.91 Å². The lowest BCUT2D eigenvalue weighted by atomic mass is 10.2. The van der Waals surface area contributed by atoms with Crippen LogP contribution in [0.3, 0.4) is 0 Å². The van der Waals surface area contributed by atoms with Crippen LogP contribution in [0, 0.1) is 0 Å². The minimum atomic E-state index is -0.161. The molecule has 104 valence electrons. The monoisotopic (exact) mass is 334 g/mol. The minimum Gasteiger partial charge on any atom is -0.370 e. The summed E-state index contributed by atoms with van der Waals surface area (Å²) in [7, 11) is 0. The Kier molecular flexibility index (Phi) is 5.06. The van der Waals surface area contributed by atoms with Crippen molar-refractivity contribution in [1.29, 1.82) is 0 Å². The molecule has 2 heterocycles. The first kappa shape index (κ1) is 14.5. The molecule has 5 nitrogen and oxygen atoms in total. The predicted molar refractivity (Wildman–Crippen MR) is 81.5 cm³/mol. The number of rotatable bonds is 5. The summed E-state index contributed by atoms with van der Waals surface area (Å²) in [6, 6.07) is 5.49. The van der Waals surface area contributed by atoms with Crippen LogP contribution in [0.15, 0.2) is 41.3 Å². The predicted octanol–water partition coefficient (Wildman–Crippen LogP) is 2.60. The summed E-state index contributed by atoms with van der Waals surface area (Å²) in [6.45, 7) is 3.13. The van der Waals surface area contributed by atoms with Crippen molar-refractivity contribution in [2.75, 3.05) is 11.9 Å². The summed E-state index contributed by atoms with van der Waals surface area (Å²) in [6.07, 6.45) is 5.07. The van der Waals surface area contributed by atoms with Crippen LogP contribution in [0.25, 0.3) is 0 Å². The number of hydrogen-bond donors (Lipinski definition) is 2. The maximum atomic E-state index is 12.2. The number of aromatic nitrogens is 2. The van der Waals surface area contributed by atoms with Crippen molar-refractivity contribution < 1.29 is 4.79 Å². The molecule has 0 aliphatic heterocycles. The second kappa shape index (κ2) is 7.00. The third kappa shape index (κ3) is 3.77. The topological polar surface area (TPSA) is 66.9 Å². The standard InChI is InChI=1S/C14H15BrN4O/c1-2-17-13-12(7-11(15)9-18-13)14(20)19-8-10-3-5-16-6-4-10/h3-7,9H,2,8H2,1H3,(H,17,18)(H,19,20). The van der Waals surface area contributed by atoms with Crippen LogP contribution in [-0.4, -0.2) is 22.4 Å². The molecule has 0 aliphatic carbocycles. The minimum absolute atomic E-state index is 0.161. The molecule has 0 aliphatic rings. The maximum absolute atomic E-state index is 12.2. The van der Waals surface area contributed by atoms with Crippen LogP contribution in [0.4, 0.5) is 5.82 Å². The lowest BCUT2D eigenvalue weighted by Crippen LogP contribution is -2.24. The van der Waals surface area contributed by atoms with Crippen LogP contribution in [0.1, 0.15) is 22.8 Å². The summed E-state index contributed by atoms with van der Waals surface area (Å²) in [5.41, 5.74) is 1.52. The van der Waals surface area contributed by atoms with Gasteiger partial charge in [-0.15, -0.1) is 0 Å². The molecule has 1 amide bonds. The molecule has 0 fully saturated rings. The summed E-state index contributed by atoms with van der Waals surface area (Å²) in [5, 5.41) is 5.95. The summed E-state index contributed by atoms with van der Waals surface area (Å²) < 4.78 is 0.771. The van der Waals surface area contributed by atoms with E-state index in [2.05, 4.69) is 36.5 Å². The van der Waals surface area contributed by atoms with Crippen LogP contribution >= 0.6 is 15.9 Å². The fourth-order valence-electron chi connectivity index (χ4n) is 1.70. The molecule has 0 atom stereocenters. The number of nitrogens with zero attached hydrogens (tertiary/aromatic N) is 2. The van der Waals surface area contributed by atoms with E-state index in [0.717, 1.165) is 10.0 Å². The Hall–Kier alpha value is -1.95. The van der Waals surface area contributed by atoms with Gasteiger partial charge in [0.05, 0.1) is 5.56 Å². The van der Waals surface area contributed by atoms with Crippen LogP contribution < -0.4 is 10.6 Å². The largest absolute Gasteiger partial charge is 0.370 e. The van der Waals surface area contributed by atoms with Gasteiger partial charge in [0.25, 0.3) is 5.91 Å². The molecule has 6 heteroatoms. The van der Waals surface area contributed by atoms with Crippen LogP contribution in [0.2, 0.25) is 0 Å². The van der Waals surface area contributed by atoms with Gasteiger partial charge in [0, 0.05) is 36.2 Å². The molecule has 0 unspecified atom stereocenters. The molecule has 0 bridgehead atoms. The molecule has 0 spiro atoms. The number of pyridine rings is 2. The quantitative estimate of drug-likeness (QED) is 0.881. The van der Waals surface area contributed by atoms with Gasteiger partial charge in [0.15, 0.2) is 0 Å². The number of hydrogen-bond acceptors (Lipinski definition) is 4. The van der Waals surface area contributed by atoms with E-state index < -0.39 is 0 Å². The number of halogens is 1. The molecule has 0 aromatic carbocycles. The molecular weight excluding hydrogens is 320 g/mol. The zero-order chi connectivity index (χ0) is 14.4. The SMILES string of the molecule is CCNc1ncc(Br)cc1C(=O)NCc1ccncc1. The van der Waals surface area contributed by atoms with E-state index in [1.807, 2.05) is 19.1 Å². The molecule has 0 saturated carbocycles. The molecule has 2 N–H and O–H groups in total. The fourth-order valence-corrected chi connectivity index (χ4v) is 2.03. The van der Waals surface area contributed by atoms with Crippen molar-refractivity contribution in [3.8, 4) is 0 Å². The van der Waals surface area contributed by atoms with Crippen molar-refractivity contribution in [1.82, 2.24) is 15.3 Å². The van der Waals surface area contributed by atoms with Gasteiger partial charge in [-0.25, -0.2) is 4.98 Å². The van der Waals surface area contributed by atoms with Gasteiger partial charge >= 0.3 is 0 Å². The van der Waals surface area contributed by atoms with Crippen molar-refractivity contribution in [2.45, 2.75) is 13.5 Å². The number of nitrogens with one attached hydrogen (secondary N) is 2. The lowest BCUT2D eigenvalue weighted by Gasteiger charge is -2.10. The molecule has 2 aromatic heterocycles. The van der Waals surface area contributed by atoms with Gasteiger partial charge in [0.1, 0.15) is 5.82 Å². The molecule has 2 rings (SSSR count). The highest BCUT2D eigenvalue weighted by atomic mass is 79.9. The highest BCUT2D eigenvalue weighted by Crippen LogP contribution is 2.18. The summed E-state index contributed by atoms with van der Waals surface area (Å²) in [4.78, 5) is 20.4. The number of amides is 1. The molecule has 0 saturated heterocycles. The Morgan fingerprint density at radius 1 is 1.35 bits per heavy atom.